The molecule has 0 N–H and O–H groups in total. The van der Waals surface area contributed by atoms with Crippen molar-refractivity contribution >= 4 is 12.0 Å². The molecule has 0 fully saturated rings. The molecule has 0 saturated heterocycles. The number of halogens is 6. The Hall–Kier alpha value is -2.33. The van der Waals surface area contributed by atoms with Crippen LogP contribution in [0.15, 0.2) is 18.2 Å². The third kappa shape index (κ3) is 4.07. The summed E-state index contributed by atoms with van der Waals surface area (Å²) in [4.78, 5) is 19.8. The summed E-state index contributed by atoms with van der Waals surface area (Å²) in [5, 5.41) is 10.6. The first-order valence-electron chi connectivity index (χ1n) is 5.00. The third-order valence-corrected chi connectivity index (χ3v) is 2.16. The van der Waals surface area contributed by atoms with Crippen molar-refractivity contribution in [2.45, 2.75) is 18.5 Å². The van der Waals surface area contributed by atoms with Gasteiger partial charge in [0.2, 0.25) is 0 Å². The molecule has 0 aliphatic rings. The Balaban J connectivity index is 3.31. The second-order valence-electron chi connectivity index (χ2n) is 3.68. The van der Waals surface area contributed by atoms with E-state index in [0.29, 0.717) is 12.1 Å². The fraction of sp³-hybridized carbons (Fsp3) is 0.300. The van der Waals surface area contributed by atoms with E-state index >= 15 is 0 Å². The van der Waals surface area contributed by atoms with Crippen molar-refractivity contribution in [3.05, 3.63) is 33.9 Å². The van der Waals surface area contributed by atoms with Crippen molar-refractivity contribution in [3.8, 4) is 5.75 Å². The minimum atomic E-state index is -5.83. The summed E-state index contributed by atoms with van der Waals surface area (Å²) in [6.07, 6.45) is -15.8. The lowest BCUT2D eigenvalue weighted by molar-refractivity contribution is -0.387. The Morgan fingerprint density at radius 3 is 2.05 bits per heavy atom. The van der Waals surface area contributed by atoms with Crippen LogP contribution in [0.1, 0.15) is 10.4 Å². The fourth-order valence-corrected chi connectivity index (χ4v) is 1.30. The number of rotatable bonds is 4. The molecule has 0 aromatic heterocycles. The normalized spacial score (nSPS) is 12.3. The summed E-state index contributed by atoms with van der Waals surface area (Å²) < 4.78 is 77.7. The number of carbonyl (C=O) groups excluding carboxylic acids is 1. The van der Waals surface area contributed by atoms with Crippen LogP contribution in [0.25, 0.3) is 0 Å². The van der Waals surface area contributed by atoms with Crippen LogP contribution in [0.2, 0.25) is 0 Å². The van der Waals surface area contributed by atoms with E-state index in [2.05, 4.69) is 4.74 Å². The Kier molecular flexibility index (Phi) is 4.44. The van der Waals surface area contributed by atoms with Gasteiger partial charge in [-0.2, -0.15) is 26.3 Å². The Morgan fingerprint density at radius 2 is 1.67 bits per heavy atom. The van der Waals surface area contributed by atoms with Crippen molar-refractivity contribution in [2.75, 3.05) is 0 Å². The van der Waals surface area contributed by atoms with Crippen LogP contribution in [-0.4, -0.2) is 29.7 Å². The first kappa shape index (κ1) is 16.7. The SMILES string of the molecule is O=Cc1ccc([N+](=O)[O-])c(OC(C(F)(F)F)C(F)(F)F)c1. The van der Waals surface area contributed by atoms with E-state index in [1.807, 2.05) is 0 Å². The number of hydrogen-bond donors (Lipinski definition) is 0. The summed E-state index contributed by atoms with van der Waals surface area (Å²) in [6, 6.07) is 1.85. The van der Waals surface area contributed by atoms with Gasteiger partial charge in [0.25, 0.3) is 6.10 Å². The maximum Gasteiger partial charge on any atom is 0.434 e. The largest absolute Gasteiger partial charge is 0.464 e. The molecule has 0 spiro atoms. The summed E-state index contributed by atoms with van der Waals surface area (Å²) >= 11 is 0. The van der Waals surface area contributed by atoms with E-state index in [1.54, 1.807) is 0 Å². The number of alkyl halides is 6. The van der Waals surface area contributed by atoms with Crippen molar-refractivity contribution in [1.29, 1.82) is 0 Å². The van der Waals surface area contributed by atoms with Gasteiger partial charge >= 0.3 is 18.0 Å². The average molecular weight is 317 g/mol. The lowest BCUT2D eigenvalue weighted by Gasteiger charge is -2.23. The standard InChI is InChI=1S/C10H5F6NO4/c11-9(12,13)8(10(14,15)16)21-7-3-5(4-18)1-2-6(7)17(19)20/h1-4,8H. The lowest BCUT2D eigenvalue weighted by atomic mass is 10.2. The predicted octanol–water partition coefficient (Wildman–Crippen LogP) is 3.28. The molecular formula is C10H5F6NO4. The molecule has 0 amide bonds. The number of aldehydes is 1. The number of carbonyl (C=O) groups is 1. The molecule has 0 atom stereocenters. The monoisotopic (exact) mass is 317 g/mol. The molecular weight excluding hydrogens is 312 g/mol. The van der Waals surface area contributed by atoms with E-state index in [1.165, 1.54) is 0 Å². The highest BCUT2D eigenvalue weighted by Gasteiger charge is 2.59. The second kappa shape index (κ2) is 5.58. The predicted molar refractivity (Wildman–Crippen MR) is 55.0 cm³/mol. The zero-order valence-corrected chi connectivity index (χ0v) is 9.73. The summed E-state index contributed by atoms with van der Waals surface area (Å²) in [5.74, 6) is -1.30. The molecule has 0 aliphatic carbocycles. The molecule has 1 aromatic carbocycles. The molecule has 1 aromatic rings. The first-order valence-corrected chi connectivity index (χ1v) is 5.00. The van der Waals surface area contributed by atoms with Gasteiger partial charge in [-0.15, -0.1) is 0 Å². The zero-order valence-electron chi connectivity index (χ0n) is 9.73. The zero-order chi connectivity index (χ0) is 16.4. The van der Waals surface area contributed by atoms with Crippen LogP contribution in [0.5, 0.6) is 5.75 Å². The number of benzene rings is 1. The summed E-state index contributed by atoms with van der Waals surface area (Å²) in [6.45, 7) is 0. The van der Waals surface area contributed by atoms with Crippen LogP contribution in [0.3, 0.4) is 0 Å². The minimum absolute atomic E-state index is 0.0900. The summed E-state index contributed by atoms with van der Waals surface area (Å²) in [7, 11) is 0. The summed E-state index contributed by atoms with van der Waals surface area (Å²) in [5.41, 5.74) is -1.50. The number of nitro benzene ring substituents is 1. The van der Waals surface area contributed by atoms with Crippen LogP contribution < -0.4 is 4.74 Å². The Bertz CT molecular complexity index is 539. The molecule has 5 nitrogen and oxygen atoms in total. The first-order chi connectivity index (χ1) is 9.46. The Morgan fingerprint density at radius 1 is 1.14 bits per heavy atom. The van der Waals surface area contributed by atoms with Gasteiger partial charge in [-0.3, -0.25) is 14.9 Å². The maximum atomic E-state index is 12.3. The number of nitro groups is 1. The molecule has 0 unspecified atom stereocenters. The molecule has 0 radical (unpaired) electrons. The van der Waals surface area contributed by atoms with Gasteiger partial charge in [0.15, 0.2) is 5.75 Å². The number of ether oxygens (including phenoxy) is 1. The van der Waals surface area contributed by atoms with Crippen LogP contribution in [0.4, 0.5) is 32.0 Å². The van der Waals surface area contributed by atoms with E-state index in [0.717, 1.165) is 6.07 Å². The van der Waals surface area contributed by atoms with E-state index in [4.69, 9.17) is 0 Å². The third-order valence-electron chi connectivity index (χ3n) is 2.16. The molecule has 1 rings (SSSR count). The van der Waals surface area contributed by atoms with Gasteiger partial charge in [-0.25, -0.2) is 0 Å². The lowest BCUT2D eigenvalue weighted by Crippen LogP contribution is -2.46. The van der Waals surface area contributed by atoms with E-state index < -0.39 is 34.8 Å². The van der Waals surface area contributed by atoms with E-state index in [-0.39, 0.29) is 11.8 Å². The second-order valence-corrected chi connectivity index (χ2v) is 3.68. The molecule has 116 valence electrons. The molecule has 0 saturated carbocycles. The van der Waals surface area contributed by atoms with Crippen LogP contribution >= 0.6 is 0 Å². The number of hydrogen-bond acceptors (Lipinski definition) is 4. The van der Waals surface area contributed by atoms with Crippen molar-refractivity contribution < 1.29 is 40.8 Å². The van der Waals surface area contributed by atoms with Gasteiger partial charge < -0.3 is 4.74 Å². The highest BCUT2D eigenvalue weighted by molar-refractivity contribution is 5.77. The van der Waals surface area contributed by atoms with Crippen LogP contribution in [-0.2, 0) is 0 Å². The molecule has 0 bridgehead atoms. The van der Waals surface area contributed by atoms with Gasteiger partial charge in [-0.05, 0) is 12.1 Å². The van der Waals surface area contributed by atoms with E-state index in [9.17, 15) is 41.3 Å². The van der Waals surface area contributed by atoms with Crippen molar-refractivity contribution in [2.24, 2.45) is 0 Å². The van der Waals surface area contributed by atoms with Gasteiger partial charge in [-0.1, -0.05) is 0 Å². The molecule has 21 heavy (non-hydrogen) atoms. The minimum Gasteiger partial charge on any atom is -0.464 e. The Labute approximate surface area is 112 Å². The topological polar surface area (TPSA) is 69.4 Å². The maximum absolute atomic E-state index is 12.3. The number of nitrogens with zero attached hydrogens (tertiary/aromatic N) is 1. The van der Waals surface area contributed by atoms with Gasteiger partial charge in [0.1, 0.15) is 6.29 Å². The highest BCUT2D eigenvalue weighted by atomic mass is 19.4. The van der Waals surface area contributed by atoms with Crippen molar-refractivity contribution in [1.82, 2.24) is 0 Å². The van der Waals surface area contributed by atoms with Crippen LogP contribution in [0, 0.1) is 10.1 Å². The highest BCUT2D eigenvalue weighted by Crippen LogP contribution is 2.39. The van der Waals surface area contributed by atoms with Gasteiger partial charge in [0, 0.05) is 11.6 Å². The molecule has 11 heteroatoms. The molecule has 0 aliphatic heterocycles. The smallest absolute Gasteiger partial charge is 0.434 e. The van der Waals surface area contributed by atoms with Gasteiger partial charge in [0.05, 0.1) is 4.92 Å². The quantitative estimate of drug-likeness (QED) is 0.370. The molecule has 0 heterocycles. The van der Waals surface area contributed by atoms with Crippen molar-refractivity contribution in [3.63, 3.8) is 0 Å². The fourth-order valence-electron chi connectivity index (χ4n) is 1.30. The average Bonchev–Trinajstić information content (AvgIpc) is 2.32.